The lowest BCUT2D eigenvalue weighted by atomic mass is 10.2. The minimum Gasteiger partial charge on any atom is -0.456 e. The van der Waals surface area contributed by atoms with Crippen molar-refractivity contribution in [3.63, 3.8) is 0 Å². The van der Waals surface area contributed by atoms with Crippen LogP contribution < -0.4 is 0 Å². The number of halogens is 1. The van der Waals surface area contributed by atoms with Gasteiger partial charge in [0.05, 0.1) is 32.0 Å². The highest BCUT2D eigenvalue weighted by Crippen LogP contribution is 2.30. The zero-order valence-electron chi connectivity index (χ0n) is 14.0. The molecular weight excluding hydrogens is 390 g/mol. The van der Waals surface area contributed by atoms with E-state index in [1.165, 1.54) is 11.3 Å². The maximum absolute atomic E-state index is 12.4. The van der Waals surface area contributed by atoms with E-state index in [4.69, 9.17) is 16.3 Å². The van der Waals surface area contributed by atoms with Gasteiger partial charge in [0.1, 0.15) is 11.6 Å². The Hall–Kier alpha value is -2.02. The fourth-order valence-electron chi connectivity index (χ4n) is 2.34. The molecule has 0 bridgehead atoms. The Morgan fingerprint density at radius 1 is 1.19 bits per heavy atom. The Balaban J connectivity index is 1.72. The van der Waals surface area contributed by atoms with E-state index in [0.29, 0.717) is 26.9 Å². The van der Waals surface area contributed by atoms with E-state index >= 15 is 0 Å². The highest BCUT2D eigenvalue weighted by atomic mass is 35.5. The van der Waals surface area contributed by atoms with Crippen LogP contribution >= 0.6 is 22.9 Å². The van der Waals surface area contributed by atoms with E-state index in [9.17, 15) is 9.00 Å². The third kappa shape index (κ3) is 4.20. The largest absolute Gasteiger partial charge is 0.456 e. The molecule has 0 aliphatic heterocycles. The first-order chi connectivity index (χ1) is 12.6. The second-order valence-electron chi connectivity index (χ2n) is 5.33. The van der Waals surface area contributed by atoms with Crippen LogP contribution in [0.15, 0.2) is 58.8 Å². The maximum atomic E-state index is 12.4. The molecule has 0 saturated carbocycles. The van der Waals surface area contributed by atoms with Crippen molar-refractivity contribution in [3.8, 4) is 10.6 Å². The van der Waals surface area contributed by atoms with Crippen LogP contribution in [0.2, 0.25) is 5.02 Å². The normalized spacial score (nSPS) is 11.9. The summed E-state index contributed by atoms with van der Waals surface area (Å²) in [5, 5.41) is 3.23. The number of aromatic nitrogens is 1. The number of nitrogens with zero attached hydrogens (tertiary/aromatic N) is 1. The van der Waals surface area contributed by atoms with Crippen LogP contribution in [0.3, 0.4) is 0 Å². The van der Waals surface area contributed by atoms with Crippen molar-refractivity contribution in [1.29, 1.82) is 0 Å². The number of carbonyl (C=O) groups is 1. The molecule has 26 heavy (non-hydrogen) atoms. The van der Waals surface area contributed by atoms with Crippen molar-refractivity contribution in [3.05, 3.63) is 70.2 Å². The Morgan fingerprint density at radius 3 is 2.69 bits per heavy atom. The second kappa shape index (κ2) is 8.58. The molecular formula is C19H16ClNO3S2. The van der Waals surface area contributed by atoms with Crippen LogP contribution in [0.4, 0.5) is 0 Å². The topological polar surface area (TPSA) is 56.3 Å². The molecule has 0 N–H and O–H groups in total. The number of benzene rings is 2. The molecule has 2 aromatic carbocycles. The zero-order chi connectivity index (χ0) is 18.5. The highest BCUT2D eigenvalue weighted by Gasteiger charge is 2.17. The second-order valence-corrected chi connectivity index (χ2v) is 8.30. The van der Waals surface area contributed by atoms with Crippen LogP contribution in [0.25, 0.3) is 10.6 Å². The van der Waals surface area contributed by atoms with Crippen molar-refractivity contribution >= 4 is 39.7 Å². The van der Waals surface area contributed by atoms with Crippen molar-refractivity contribution in [1.82, 2.24) is 4.98 Å². The summed E-state index contributed by atoms with van der Waals surface area (Å²) in [6.07, 6.45) is 0. The van der Waals surface area contributed by atoms with Gasteiger partial charge >= 0.3 is 5.97 Å². The summed E-state index contributed by atoms with van der Waals surface area (Å²) in [5.41, 5.74) is 1.82. The van der Waals surface area contributed by atoms with Crippen LogP contribution in [-0.4, -0.2) is 20.9 Å². The molecule has 0 aliphatic carbocycles. The van der Waals surface area contributed by atoms with Gasteiger partial charge in [0, 0.05) is 16.7 Å². The van der Waals surface area contributed by atoms with E-state index in [-0.39, 0.29) is 6.61 Å². The molecule has 0 fully saturated rings. The lowest BCUT2D eigenvalue weighted by molar-refractivity contribution is 0.0464. The molecule has 134 valence electrons. The fraction of sp³-hybridized carbons (Fsp3) is 0.158. The van der Waals surface area contributed by atoms with Crippen LogP contribution in [0.1, 0.15) is 23.0 Å². The van der Waals surface area contributed by atoms with Crippen molar-refractivity contribution < 1.29 is 13.7 Å². The van der Waals surface area contributed by atoms with Gasteiger partial charge < -0.3 is 4.74 Å². The molecule has 1 unspecified atom stereocenters. The Bertz CT molecular complexity index is 955. The maximum Gasteiger partial charge on any atom is 0.339 e. The van der Waals surface area contributed by atoms with Gasteiger partial charge in [-0.15, -0.1) is 11.3 Å². The first kappa shape index (κ1) is 18.8. The van der Waals surface area contributed by atoms with E-state index in [2.05, 4.69) is 4.98 Å². The Labute approximate surface area is 163 Å². The van der Waals surface area contributed by atoms with Crippen LogP contribution in [0, 0.1) is 0 Å². The highest BCUT2D eigenvalue weighted by molar-refractivity contribution is 7.85. The van der Waals surface area contributed by atoms with Crippen LogP contribution in [-0.2, 0) is 22.1 Å². The summed E-state index contributed by atoms with van der Waals surface area (Å²) >= 11 is 7.63. The minimum atomic E-state index is -1.22. The number of thiazole rings is 1. The summed E-state index contributed by atoms with van der Waals surface area (Å²) in [7, 11) is -1.22. The number of hydrogen-bond donors (Lipinski definition) is 0. The van der Waals surface area contributed by atoms with E-state index in [0.717, 1.165) is 10.6 Å². The summed E-state index contributed by atoms with van der Waals surface area (Å²) in [6, 6.07) is 14.3. The SMILES string of the molecule is CCS(=O)c1ccccc1C(=O)OCc1csc(-c2ccccc2Cl)n1. The first-order valence-corrected chi connectivity index (χ1v) is 10.5. The lowest BCUT2D eigenvalue weighted by Gasteiger charge is -2.07. The molecule has 3 rings (SSSR count). The van der Waals surface area contributed by atoms with Gasteiger partial charge in [-0.25, -0.2) is 9.78 Å². The average molecular weight is 406 g/mol. The predicted octanol–water partition coefficient (Wildman–Crippen LogP) is 4.95. The average Bonchev–Trinajstić information content (AvgIpc) is 3.14. The molecule has 0 spiro atoms. The van der Waals surface area contributed by atoms with E-state index in [1.54, 1.807) is 24.3 Å². The quantitative estimate of drug-likeness (QED) is 0.544. The summed E-state index contributed by atoms with van der Waals surface area (Å²) < 4.78 is 17.5. The molecule has 3 aromatic rings. The van der Waals surface area contributed by atoms with Gasteiger partial charge in [0.25, 0.3) is 0 Å². The number of carbonyl (C=O) groups excluding carboxylic acids is 1. The molecule has 0 amide bonds. The molecule has 1 atom stereocenters. The van der Waals surface area contributed by atoms with Gasteiger partial charge in [-0.2, -0.15) is 0 Å². The fourth-order valence-corrected chi connectivity index (χ4v) is 4.40. The molecule has 4 nitrogen and oxygen atoms in total. The van der Waals surface area contributed by atoms with Gasteiger partial charge in [0.2, 0.25) is 0 Å². The third-order valence-corrected chi connectivity index (χ3v) is 6.25. The smallest absolute Gasteiger partial charge is 0.339 e. The summed E-state index contributed by atoms with van der Waals surface area (Å²) in [6.45, 7) is 1.86. The molecule has 0 radical (unpaired) electrons. The van der Waals surface area contributed by atoms with Crippen molar-refractivity contribution in [2.45, 2.75) is 18.4 Å². The third-order valence-electron chi connectivity index (χ3n) is 3.62. The number of esters is 1. The number of rotatable bonds is 6. The monoisotopic (exact) mass is 405 g/mol. The van der Waals surface area contributed by atoms with Crippen molar-refractivity contribution in [2.24, 2.45) is 0 Å². The van der Waals surface area contributed by atoms with Crippen molar-refractivity contribution in [2.75, 3.05) is 5.75 Å². The van der Waals surface area contributed by atoms with Gasteiger partial charge in [-0.3, -0.25) is 4.21 Å². The standard InChI is InChI=1S/C19H16ClNO3S2/c1-2-26(23)17-10-6-4-8-15(17)19(22)24-11-13-12-25-18(21-13)14-7-3-5-9-16(14)20/h3-10,12H,2,11H2,1H3. The van der Waals surface area contributed by atoms with E-state index in [1.807, 2.05) is 36.6 Å². The molecule has 0 aliphatic rings. The lowest BCUT2D eigenvalue weighted by Crippen LogP contribution is -2.10. The minimum absolute atomic E-state index is 0.0485. The zero-order valence-corrected chi connectivity index (χ0v) is 16.4. The number of ether oxygens (including phenoxy) is 1. The Kier molecular flexibility index (Phi) is 6.19. The van der Waals surface area contributed by atoms with Crippen LogP contribution in [0.5, 0.6) is 0 Å². The molecule has 1 heterocycles. The number of hydrogen-bond acceptors (Lipinski definition) is 5. The van der Waals surface area contributed by atoms with Gasteiger partial charge in [-0.05, 0) is 18.2 Å². The predicted molar refractivity (Wildman–Crippen MR) is 105 cm³/mol. The Morgan fingerprint density at radius 2 is 1.92 bits per heavy atom. The van der Waals surface area contributed by atoms with Gasteiger partial charge in [-0.1, -0.05) is 48.9 Å². The van der Waals surface area contributed by atoms with Gasteiger partial charge in [0.15, 0.2) is 0 Å². The summed E-state index contributed by atoms with van der Waals surface area (Å²) in [4.78, 5) is 17.4. The first-order valence-electron chi connectivity index (χ1n) is 7.94. The molecule has 1 aromatic heterocycles. The van der Waals surface area contributed by atoms with E-state index < -0.39 is 16.8 Å². The summed E-state index contributed by atoms with van der Waals surface area (Å²) in [5.74, 6) is -0.0629. The molecule has 7 heteroatoms. The molecule has 0 saturated heterocycles.